The Bertz CT molecular complexity index is 447. The predicted molar refractivity (Wildman–Crippen MR) is 62.1 cm³/mol. The van der Waals surface area contributed by atoms with Crippen molar-refractivity contribution in [3.05, 3.63) is 21.6 Å². The third-order valence-corrected chi connectivity index (χ3v) is 3.17. The molecule has 0 aliphatic heterocycles. The summed E-state index contributed by atoms with van der Waals surface area (Å²) in [7, 11) is 1.60. The van der Waals surface area contributed by atoms with Crippen molar-refractivity contribution in [3.63, 3.8) is 0 Å². The van der Waals surface area contributed by atoms with Gasteiger partial charge in [0.05, 0.1) is 23.0 Å². The zero-order valence-electron chi connectivity index (χ0n) is 7.98. The molecule has 2 aromatic heterocycles. The summed E-state index contributed by atoms with van der Waals surface area (Å²) in [4.78, 5) is 1.07. The van der Waals surface area contributed by atoms with Crippen LogP contribution < -0.4 is 10.5 Å². The first-order valence-corrected chi connectivity index (χ1v) is 5.73. The molecule has 80 valence electrons. The van der Waals surface area contributed by atoms with E-state index in [0.29, 0.717) is 18.2 Å². The molecule has 2 aromatic rings. The topological polar surface area (TPSA) is 66.0 Å². The van der Waals surface area contributed by atoms with E-state index >= 15 is 0 Å². The van der Waals surface area contributed by atoms with Crippen LogP contribution in [0.4, 0.5) is 5.82 Å². The van der Waals surface area contributed by atoms with E-state index in [1.807, 2.05) is 12.3 Å². The minimum atomic E-state index is 0.492. The van der Waals surface area contributed by atoms with Gasteiger partial charge in [-0.05, 0) is 27.5 Å². The summed E-state index contributed by atoms with van der Waals surface area (Å²) < 4.78 is 11.7. The monoisotopic (exact) mass is 288 g/mol. The molecule has 2 N–H and O–H groups in total. The second kappa shape index (κ2) is 4.19. The van der Waals surface area contributed by atoms with Crippen LogP contribution in [-0.4, -0.2) is 21.3 Å². The number of ether oxygens (including phenoxy) is 1. The van der Waals surface area contributed by atoms with Gasteiger partial charge >= 0.3 is 0 Å². The lowest BCUT2D eigenvalue weighted by Gasteiger charge is -1.95. The molecule has 0 bridgehead atoms. The smallest absolute Gasteiger partial charge is 0.225 e. The van der Waals surface area contributed by atoms with E-state index in [4.69, 9.17) is 10.5 Å². The number of rotatable bonds is 3. The van der Waals surface area contributed by atoms with Crippen molar-refractivity contribution in [2.24, 2.45) is 0 Å². The third kappa shape index (κ3) is 2.29. The molecule has 0 aliphatic rings. The van der Waals surface area contributed by atoms with E-state index in [1.54, 1.807) is 11.8 Å². The van der Waals surface area contributed by atoms with Crippen LogP contribution in [0.2, 0.25) is 0 Å². The first-order valence-electron chi connectivity index (χ1n) is 4.17. The molecule has 2 heterocycles. The van der Waals surface area contributed by atoms with Crippen LogP contribution in [0.15, 0.2) is 16.7 Å². The van der Waals surface area contributed by atoms with Gasteiger partial charge in [0.15, 0.2) is 5.82 Å². The molecule has 0 saturated carbocycles. The molecule has 0 aromatic carbocycles. The van der Waals surface area contributed by atoms with Gasteiger partial charge in [0.1, 0.15) is 0 Å². The molecule has 0 aliphatic carbocycles. The van der Waals surface area contributed by atoms with Crippen LogP contribution in [0.3, 0.4) is 0 Å². The number of anilines is 1. The molecule has 0 unspecified atom stereocenters. The van der Waals surface area contributed by atoms with E-state index in [9.17, 15) is 0 Å². The van der Waals surface area contributed by atoms with Gasteiger partial charge in [-0.1, -0.05) is 0 Å². The molecule has 0 spiro atoms. The first kappa shape index (κ1) is 10.4. The minimum Gasteiger partial charge on any atom is -0.480 e. The average molecular weight is 289 g/mol. The van der Waals surface area contributed by atoms with Crippen LogP contribution >= 0.6 is 27.5 Å². The van der Waals surface area contributed by atoms with E-state index in [1.165, 1.54) is 11.5 Å². The quantitative estimate of drug-likeness (QED) is 0.934. The molecule has 7 heteroatoms. The zero-order chi connectivity index (χ0) is 10.8. The van der Waals surface area contributed by atoms with E-state index in [0.717, 1.165) is 9.35 Å². The molecule has 5 nitrogen and oxygen atoms in total. The summed E-state index contributed by atoms with van der Waals surface area (Å²) in [5, 5.41) is 4.13. The van der Waals surface area contributed by atoms with Gasteiger partial charge in [-0.3, -0.25) is 4.68 Å². The highest BCUT2D eigenvalue weighted by Gasteiger charge is 2.06. The van der Waals surface area contributed by atoms with Crippen molar-refractivity contribution in [3.8, 4) is 5.88 Å². The van der Waals surface area contributed by atoms with Crippen LogP contribution in [0.5, 0.6) is 5.88 Å². The minimum absolute atomic E-state index is 0.492. The molecule has 0 radical (unpaired) electrons. The maximum atomic E-state index is 5.61. The molecule has 0 amide bonds. The largest absolute Gasteiger partial charge is 0.480 e. The summed E-state index contributed by atoms with van der Waals surface area (Å²) >= 11 is 4.70. The lowest BCUT2D eigenvalue weighted by Crippen LogP contribution is -1.99. The lowest BCUT2D eigenvalue weighted by atomic mass is 10.5. The molecular weight excluding hydrogens is 280 g/mol. The summed E-state index contributed by atoms with van der Waals surface area (Å²) in [6.07, 6.45) is 1.83. The maximum Gasteiger partial charge on any atom is 0.225 e. The Morgan fingerprint density at radius 2 is 2.47 bits per heavy atom. The highest BCUT2D eigenvalue weighted by Crippen LogP contribution is 2.20. The molecular formula is C8H9BrN4OS. The number of aromatic nitrogens is 3. The van der Waals surface area contributed by atoms with Crippen LogP contribution in [0.25, 0.3) is 0 Å². The van der Waals surface area contributed by atoms with Crippen molar-refractivity contribution in [2.75, 3.05) is 12.8 Å². The number of hydrogen-bond acceptors (Lipinski definition) is 5. The summed E-state index contributed by atoms with van der Waals surface area (Å²) in [6, 6.07) is 1.89. The standard InChI is InChI=1S/C8H9BrN4OS/c1-14-7-2-5(15-12-7)3-13-4-6(9)8(10)11-13/h2,4H,3H2,1H3,(H2,10,11). The Morgan fingerprint density at radius 3 is 3.00 bits per heavy atom. The zero-order valence-corrected chi connectivity index (χ0v) is 10.4. The van der Waals surface area contributed by atoms with Crippen molar-refractivity contribution >= 4 is 33.3 Å². The molecule has 0 atom stereocenters. The normalized spacial score (nSPS) is 10.5. The average Bonchev–Trinajstić information content (AvgIpc) is 2.76. The fourth-order valence-electron chi connectivity index (χ4n) is 1.12. The number of hydrogen-bond donors (Lipinski definition) is 1. The van der Waals surface area contributed by atoms with E-state index in [2.05, 4.69) is 25.4 Å². The summed E-state index contributed by atoms with van der Waals surface area (Å²) in [5.74, 6) is 1.13. The molecule has 15 heavy (non-hydrogen) atoms. The molecule has 2 rings (SSSR count). The lowest BCUT2D eigenvalue weighted by molar-refractivity contribution is 0.402. The Morgan fingerprint density at radius 1 is 1.67 bits per heavy atom. The first-order chi connectivity index (χ1) is 7.19. The SMILES string of the molecule is COc1cc(Cn2cc(Br)c(N)n2)sn1. The fraction of sp³-hybridized carbons (Fsp3) is 0.250. The van der Waals surface area contributed by atoms with Gasteiger partial charge in [-0.15, -0.1) is 0 Å². The Labute approximate surface area is 99.1 Å². The van der Waals surface area contributed by atoms with Gasteiger partial charge in [0.25, 0.3) is 0 Å². The number of nitrogen functional groups attached to an aromatic ring is 1. The van der Waals surface area contributed by atoms with Gasteiger partial charge in [0, 0.05) is 12.3 Å². The second-order valence-corrected chi connectivity index (χ2v) is 4.64. The summed E-state index contributed by atoms with van der Waals surface area (Å²) in [5.41, 5.74) is 5.61. The fourth-order valence-corrected chi connectivity index (χ4v) is 2.11. The van der Waals surface area contributed by atoms with Gasteiger partial charge in [-0.2, -0.15) is 9.47 Å². The van der Waals surface area contributed by atoms with Crippen molar-refractivity contribution in [1.29, 1.82) is 0 Å². The maximum absolute atomic E-state index is 5.61. The Hall–Kier alpha value is -1.08. The molecule has 0 fully saturated rings. The second-order valence-electron chi connectivity index (χ2n) is 2.90. The van der Waals surface area contributed by atoms with Gasteiger partial charge in [0.2, 0.25) is 5.88 Å². The number of nitrogens with zero attached hydrogens (tertiary/aromatic N) is 3. The number of methoxy groups -OCH3 is 1. The van der Waals surface area contributed by atoms with Crippen LogP contribution in [-0.2, 0) is 6.54 Å². The van der Waals surface area contributed by atoms with Crippen molar-refractivity contribution < 1.29 is 4.74 Å². The highest BCUT2D eigenvalue weighted by atomic mass is 79.9. The third-order valence-electron chi connectivity index (χ3n) is 1.81. The van der Waals surface area contributed by atoms with Gasteiger partial charge < -0.3 is 10.5 Å². The van der Waals surface area contributed by atoms with Crippen LogP contribution in [0.1, 0.15) is 4.88 Å². The van der Waals surface area contributed by atoms with Gasteiger partial charge in [-0.25, -0.2) is 0 Å². The Kier molecular flexibility index (Phi) is 2.92. The van der Waals surface area contributed by atoms with E-state index in [-0.39, 0.29) is 0 Å². The predicted octanol–water partition coefficient (Wildman–Crippen LogP) is 1.74. The Balaban J connectivity index is 2.14. The van der Waals surface area contributed by atoms with Crippen LogP contribution in [0, 0.1) is 0 Å². The number of halogens is 1. The van der Waals surface area contributed by atoms with Crippen molar-refractivity contribution in [1.82, 2.24) is 14.2 Å². The van der Waals surface area contributed by atoms with Crippen molar-refractivity contribution in [2.45, 2.75) is 6.54 Å². The summed E-state index contributed by atoms with van der Waals surface area (Å²) in [6.45, 7) is 0.650. The molecule has 0 saturated heterocycles. The number of nitrogens with two attached hydrogens (primary N) is 1. The highest BCUT2D eigenvalue weighted by molar-refractivity contribution is 9.10. The van der Waals surface area contributed by atoms with E-state index < -0.39 is 0 Å².